The van der Waals surface area contributed by atoms with Gasteiger partial charge in [-0.25, -0.2) is 5.01 Å². The molecule has 8 nitrogen and oxygen atoms in total. The minimum absolute atomic E-state index is 0.117. The number of benzene rings is 3. The van der Waals surface area contributed by atoms with Gasteiger partial charge in [-0.3, -0.25) is 25.1 Å². The van der Waals surface area contributed by atoms with Crippen LogP contribution in [0, 0.1) is 10.1 Å². The summed E-state index contributed by atoms with van der Waals surface area (Å²) in [4.78, 5) is 36.1. The number of hydrazine groups is 1. The zero-order valence-electron chi connectivity index (χ0n) is 15.1. The van der Waals surface area contributed by atoms with E-state index >= 15 is 0 Å². The average molecular weight is 388 g/mol. The molecule has 0 fully saturated rings. The fourth-order valence-electron chi connectivity index (χ4n) is 3.15. The number of anilines is 1. The lowest BCUT2D eigenvalue weighted by Gasteiger charge is -2.37. The highest BCUT2D eigenvalue weighted by Gasteiger charge is 2.34. The number of hydrogen-bond acceptors (Lipinski definition) is 5. The summed E-state index contributed by atoms with van der Waals surface area (Å²) >= 11 is 0. The van der Waals surface area contributed by atoms with Gasteiger partial charge in [-0.1, -0.05) is 42.5 Å². The number of carbonyl (C=O) groups excluding carboxylic acids is 2. The molecule has 1 aliphatic heterocycles. The molecule has 0 bridgehead atoms. The second kappa shape index (κ2) is 7.43. The average Bonchev–Trinajstić information content (AvgIpc) is 2.76. The molecule has 1 heterocycles. The number of hydrogen-bond donors (Lipinski definition) is 2. The highest BCUT2D eigenvalue weighted by molar-refractivity contribution is 6.04. The van der Waals surface area contributed by atoms with Crippen LogP contribution in [0.1, 0.15) is 32.4 Å². The Morgan fingerprint density at radius 1 is 0.966 bits per heavy atom. The van der Waals surface area contributed by atoms with Crippen molar-refractivity contribution in [1.82, 2.24) is 10.4 Å². The highest BCUT2D eigenvalue weighted by atomic mass is 16.6. The molecule has 1 atom stereocenters. The molecular formula is C21H16N4O4. The summed E-state index contributed by atoms with van der Waals surface area (Å²) in [7, 11) is 0. The van der Waals surface area contributed by atoms with Gasteiger partial charge < -0.3 is 5.32 Å². The van der Waals surface area contributed by atoms with Crippen LogP contribution >= 0.6 is 0 Å². The maximum atomic E-state index is 13.1. The van der Waals surface area contributed by atoms with E-state index in [9.17, 15) is 19.7 Å². The number of nitrogens with zero attached hydrogens (tertiary/aromatic N) is 2. The van der Waals surface area contributed by atoms with Gasteiger partial charge in [0.2, 0.25) is 0 Å². The Labute approximate surface area is 165 Å². The van der Waals surface area contributed by atoms with Crippen molar-refractivity contribution >= 4 is 23.2 Å². The molecule has 0 aromatic heterocycles. The van der Waals surface area contributed by atoms with Gasteiger partial charge in [0.1, 0.15) is 6.17 Å². The standard InChI is InChI=1S/C21H16N4O4/c26-20(15-10-12-16(13-11-15)25(28)29)23-24-19(14-6-2-1-3-7-14)22-18-9-5-4-8-17(18)21(24)27/h1-13,19,22H,(H,23,26)/t19-/m0/s1. The topological polar surface area (TPSA) is 105 Å². The maximum Gasteiger partial charge on any atom is 0.276 e. The first kappa shape index (κ1) is 18.2. The van der Waals surface area contributed by atoms with Gasteiger partial charge in [-0.15, -0.1) is 0 Å². The second-order valence-electron chi connectivity index (χ2n) is 6.42. The van der Waals surface area contributed by atoms with Gasteiger partial charge in [-0.2, -0.15) is 0 Å². The summed E-state index contributed by atoms with van der Waals surface area (Å²) in [6, 6.07) is 21.5. The van der Waals surface area contributed by atoms with Crippen LogP contribution in [0.25, 0.3) is 0 Å². The van der Waals surface area contributed by atoms with Crippen molar-refractivity contribution in [3.63, 3.8) is 0 Å². The molecule has 144 valence electrons. The number of carbonyl (C=O) groups is 2. The Morgan fingerprint density at radius 2 is 1.62 bits per heavy atom. The Hall–Kier alpha value is -4.20. The van der Waals surface area contributed by atoms with E-state index < -0.39 is 17.0 Å². The van der Waals surface area contributed by atoms with Crippen molar-refractivity contribution in [3.05, 3.63) is 106 Å². The summed E-state index contributed by atoms with van der Waals surface area (Å²) in [5.74, 6) is -0.904. The molecule has 0 saturated heterocycles. The van der Waals surface area contributed by atoms with Gasteiger partial charge >= 0.3 is 0 Å². The number of nitro groups is 1. The van der Waals surface area contributed by atoms with E-state index in [-0.39, 0.29) is 17.2 Å². The quantitative estimate of drug-likeness (QED) is 0.526. The van der Waals surface area contributed by atoms with Crippen LogP contribution < -0.4 is 10.7 Å². The molecule has 0 unspecified atom stereocenters. The first-order valence-electron chi connectivity index (χ1n) is 8.84. The molecule has 29 heavy (non-hydrogen) atoms. The molecule has 2 amide bonds. The van der Waals surface area contributed by atoms with Crippen molar-refractivity contribution in [2.45, 2.75) is 6.17 Å². The lowest BCUT2D eigenvalue weighted by Crippen LogP contribution is -2.52. The van der Waals surface area contributed by atoms with Gasteiger partial charge in [0.05, 0.1) is 10.5 Å². The fourth-order valence-corrected chi connectivity index (χ4v) is 3.15. The smallest absolute Gasteiger partial charge is 0.276 e. The molecule has 0 saturated carbocycles. The van der Waals surface area contributed by atoms with E-state index in [1.54, 1.807) is 18.2 Å². The lowest BCUT2D eigenvalue weighted by molar-refractivity contribution is -0.384. The third kappa shape index (κ3) is 3.51. The summed E-state index contributed by atoms with van der Waals surface area (Å²) in [5.41, 5.74) is 4.62. The van der Waals surface area contributed by atoms with Gasteiger partial charge in [0.15, 0.2) is 0 Å². The molecule has 0 spiro atoms. The molecule has 8 heteroatoms. The third-order valence-electron chi connectivity index (χ3n) is 4.60. The monoisotopic (exact) mass is 388 g/mol. The zero-order chi connectivity index (χ0) is 20.4. The largest absolute Gasteiger partial charge is 0.359 e. The normalized spacial score (nSPS) is 15.2. The van der Waals surface area contributed by atoms with Gasteiger partial charge in [-0.05, 0) is 29.8 Å². The Kier molecular flexibility index (Phi) is 4.66. The minimum Gasteiger partial charge on any atom is -0.359 e. The number of para-hydroxylation sites is 1. The summed E-state index contributed by atoms with van der Waals surface area (Å²) in [6.07, 6.45) is -0.611. The first-order valence-corrected chi connectivity index (χ1v) is 8.84. The third-order valence-corrected chi connectivity index (χ3v) is 4.60. The van der Waals surface area contributed by atoms with Crippen LogP contribution in [0.3, 0.4) is 0 Å². The van der Waals surface area contributed by atoms with E-state index in [1.165, 1.54) is 29.3 Å². The number of amides is 2. The van der Waals surface area contributed by atoms with Crippen LogP contribution in [0.4, 0.5) is 11.4 Å². The van der Waals surface area contributed by atoms with E-state index in [0.29, 0.717) is 11.3 Å². The summed E-state index contributed by atoms with van der Waals surface area (Å²) in [6.45, 7) is 0. The molecule has 3 aromatic rings. The van der Waals surface area contributed by atoms with Crippen LogP contribution in [-0.4, -0.2) is 21.7 Å². The summed E-state index contributed by atoms with van der Waals surface area (Å²) < 4.78 is 0. The SMILES string of the molecule is O=C(NN1C(=O)c2ccccc2N[C@@H]1c1ccccc1)c1ccc([N+](=O)[O-])cc1. The first-order chi connectivity index (χ1) is 14.0. The van der Waals surface area contributed by atoms with Crippen molar-refractivity contribution in [2.24, 2.45) is 0 Å². The van der Waals surface area contributed by atoms with Crippen molar-refractivity contribution < 1.29 is 14.5 Å². The number of nitrogens with one attached hydrogen (secondary N) is 2. The van der Waals surface area contributed by atoms with Gasteiger partial charge in [0.25, 0.3) is 17.5 Å². The highest BCUT2D eigenvalue weighted by Crippen LogP contribution is 2.31. The molecule has 1 aliphatic rings. The molecule has 3 aromatic carbocycles. The van der Waals surface area contributed by atoms with Crippen LogP contribution in [0.15, 0.2) is 78.9 Å². The zero-order valence-corrected chi connectivity index (χ0v) is 15.1. The Bertz CT molecular complexity index is 1080. The van der Waals surface area contributed by atoms with E-state index in [1.807, 2.05) is 36.4 Å². The van der Waals surface area contributed by atoms with E-state index in [0.717, 1.165) is 5.56 Å². The van der Waals surface area contributed by atoms with Crippen molar-refractivity contribution in [3.8, 4) is 0 Å². The molecule has 4 rings (SSSR count). The summed E-state index contributed by atoms with van der Waals surface area (Å²) in [5, 5.41) is 15.3. The molecular weight excluding hydrogens is 372 g/mol. The molecule has 0 aliphatic carbocycles. The van der Waals surface area contributed by atoms with Crippen LogP contribution in [0.2, 0.25) is 0 Å². The van der Waals surface area contributed by atoms with Crippen LogP contribution in [-0.2, 0) is 0 Å². The van der Waals surface area contributed by atoms with Crippen LogP contribution in [0.5, 0.6) is 0 Å². The fraction of sp³-hybridized carbons (Fsp3) is 0.0476. The number of non-ortho nitro benzene ring substituents is 1. The van der Waals surface area contributed by atoms with Gasteiger partial charge in [0, 0.05) is 23.4 Å². The lowest BCUT2D eigenvalue weighted by atomic mass is 10.0. The van der Waals surface area contributed by atoms with E-state index in [2.05, 4.69) is 10.7 Å². The van der Waals surface area contributed by atoms with E-state index in [4.69, 9.17) is 0 Å². The predicted molar refractivity (Wildman–Crippen MR) is 106 cm³/mol. The second-order valence-corrected chi connectivity index (χ2v) is 6.42. The molecule has 2 N–H and O–H groups in total. The number of nitro benzene ring substituents is 1. The minimum atomic E-state index is -0.611. The predicted octanol–water partition coefficient (Wildman–Crippen LogP) is 3.51. The Morgan fingerprint density at radius 3 is 2.31 bits per heavy atom. The number of rotatable bonds is 4. The molecule has 0 radical (unpaired) electrons. The Balaban J connectivity index is 1.66. The maximum absolute atomic E-state index is 13.1. The number of fused-ring (bicyclic) bond motifs is 1. The van der Waals surface area contributed by atoms with Crippen molar-refractivity contribution in [1.29, 1.82) is 0 Å². The van der Waals surface area contributed by atoms with Crippen molar-refractivity contribution in [2.75, 3.05) is 5.32 Å².